The van der Waals surface area contributed by atoms with E-state index in [1.165, 1.54) is 48.0 Å². The van der Waals surface area contributed by atoms with Crippen molar-refractivity contribution < 1.29 is 24.0 Å². The van der Waals surface area contributed by atoms with E-state index >= 15 is 0 Å². The summed E-state index contributed by atoms with van der Waals surface area (Å²) in [5.41, 5.74) is 0. The van der Waals surface area contributed by atoms with Gasteiger partial charge in [-0.1, -0.05) is 0 Å². The van der Waals surface area contributed by atoms with Gasteiger partial charge in [0.2, 0.25) is 0 Å². The third-order valence-corrected chi connectivity index (χ3v) is 8.87. The van der Waals surface area contributed by atoms with Crippen LogP contribution in [0.4, 0.5) is 0 Å². The fourth-order valence-electron chi connectivity index (χ4n) is 1.91. The van der Waals surface area contributed by atoms with Crippen LogP contribution in [0.5, 0.6) is 0 Å². The maximum absolute atomic E-state index is 5.75. The van der Waals surface area contributed by atoms with Crippen molar-refractivity contribution in [3.8, 4) is 0 Å². The average molecular weight is 252 g/mol. The Labute approximate surface area is 100 Å². The Morgan fingerprint density at radius 2 is 1.13 bits per heavy atom. The molecule has 0 bridgehead atoms. The van der Waals surface area contributed by atoms with Crippen LogP contribution in [0.25, 0.3) is 0 Å². The summed E-state index contributed by atoms with van der Waals surface area (Å²) in [7, 11) is 3.70. The molecule has 2 nitrogen and oxygen atoms in total. The molecule has 0 aromatic carbocycles. The molecule has 0 aliphatic heterocycles. The van der Waals surface area contributed by atoms with Crippen LogP contribution in [0.1, 0.15) is 52.4 Å². The Balaban J connectivity index is 3.93. The van der Waals surface area contributed by atoms with Crippen LogP contribution in [-0.2, 0) is 24.0 Å². The first kappa shape index (κ1) is 15.6. The summed E-state index contributed by atoms with van der Waals surface area (Å²) >= 11 is -2.34. The van der Waals surface area contributed by atoms with E-state index in [0.29, 0.717) is 0 Å². The van der Waals surface area contributed by atoms with Crippen molar-refractivity contribution in [2.45, 2.75) is 61.8 Å². The number of hydrogen-bond acceptors (Lipinski definition) is 2. The molecule has 92 valence electrons. The molecule has 0 radical (unpaired) electrons. The van der Waals surface area contributed by atoms with E-state index in [1.807, 2.05) is 14.2 Å². The molecule has 0 N–H and O–H groups in total. The molecule has 0 saturated carbocycles. The topological polar surface area (TPSA) is 18.5 Å². The first-order valence-electron chi connectivity index (χ1n) is 6.35. The Hall–Kier alpha value is 0.634. The van der Waals surface area contributed by atoms with Gasteiger partial charge in [0.05, 0.1) is 0 Å². The van der Waals surface area contributed by atoms with Crippen LogP contribution >= 0.6 is 0 Å². The molecule has 15 heavy (non-hydrogen) atoms. The molecular formula is C12H28O2Ti. The molecule has 0 rings (SSSR count). The number of rotatable bonds is 10. The van der Waals surface area contributed by atoms with Gasteiger partial charge in [0.1, 0.15) is 0 Å². The standard InChI is InChI=1S/2C5H11.2CH3O.Ti/c2*1-3-5-4-2;2*1-2;/h2*1,3-5H2,2H3;2*1H3;/q;;2*-1;+2. The summed E-state index contributed by atoms with van der Waals surface area (Å²) in [5, 5.41) is 0. The van der Waals surface area contributed by atoms with Gasteiger partial charge in [-0.2, -0.15) is 0 Å². The third-order valence-electron chi connectivity index (χ3n) is 3.07. The predicted molar refractivity (Wildman–Crippen MR) is 62.7 cm³/mol. The Bertz CT molecular complexity index is 124. The van der Waals surface area contributed by atoms with E-state index in [0.717, 1.165) is 0 Å². The Kier molecular flexibility index (Phi) is 10.2. The van der Waals surface area contributed by atoms with Crippen LogP contribution in [-0.4, -0.2) is 14.2 Å². The number of unbranched alkanes of at least 4 members (excludes halogenated alkanes) is 4. The molecular weight excluding hydrogens is 224 g/mol. The van der Waals surface area contributed by atoms with Gasteiger partial charge < -0.3 is 0 Å². The van der Waals surface area contributed by atoms with Gasteiger partial charge in [0.25, 0.3) is 0 Å². The second-order valence-electron chi connectivity index (χ2n) is 4.23. The van der Waals surface area contributed by atoms with Gasteiger partial charge in [-0.05, 0) is 0 Å². The van der Waals surface area contributed by atoms with Gasteiger partial charge in [-0.25, -0.2) is 0 Å². The molecule has 0 aliphatic carbocycles. The van der Waals surface area contributed by atoms with Gasteiger partial charge in [0, 0.05) is 0 Å². The van der Waals surface area contributed by atoms with Gasteiger partial charge in [-0.3, -0.25) is 0 Å². The summed E-state index contributed by atoms with van der Waals surface area (Å²) in [6, 6.07) is 0. The molecule has 0 aliphatic rings. The van der Waals surface area contributed by atoms with E-state index < -0.39 is 17.4 Å². The predicted octanol–water partition coefficient (Wildman–Crippen LogP) is 4.48. The average Bonchev–Trinajstić information content (AvgIpc) is 2.28. The number of hydrogen-bond donors (Lipinski definition) is 0. The molecule has 0 atom stereocenters. The van der Waals surface area contributed by atoms with Crippen LogP contribution in [0.2, 0.25) is 9.45 Å². The second kappa shape index (κ2) is 9.83. The van der Waals surface area contributed by atoms with E-state index in [-0.39, 0.29) is 0 Å². The molecule has 0 spiro atoms. The fourth-order valence-corrected chi connectivity index (χ4v) is 6.29. The van der Waals surface area contributed by atoms with Crippen LogP contribution in [0.3, 0.4) is 0 Å². The fraction of sp³-hybridized carbons (Fsp3) is 1.00. The molecule has 0 heterocycles. The molecule has 3 heteroatoms. The maximum atomic E-state index is 5.75. The SMILES string of the molecule is CCCC[CH2][Ti]([CH2]CCCC)([O]C)[O]C. The van der Waals surface area contributed by atoms with Crippen molar-refractivity contribution in [1.82, 2.24) is 0 Å². The quantitative estimate of drug-likeness (QED) is 0.421. The summed E-state index contributed by atoms with van der Waals surface area (Å²) in [5.74, 6) is 0. The minimum atomic E-state index is -2.34. The summed E-state index contributed by atoms with van der Waals surface area (Å²) < 4.78 is 13.9. The van der Waals surface area contributed by atoms with Gasteiger partial charge in [0.15, 0.2) is 0 Å². The molecule has 0 fully saturated rings. The van der Waals surface area contributed by atoms with Crippen LogP contribution in [0.15, 0.2) is 0 Å². The monoisotopic (exact) mass is 252 g/mol. The van der Waals surface area contributed by atoms with Crippen molar-refractivity contribution in [1.29, 1.82) is 0 Å². The van der Waals surface area contributed by atoms with E-state index in [1.54, 1.807) is 0 Å². The molecule has 0 aromatic heterocycles. The van der Waals surface area contributed by atoms with E-state index in [4.69, 9.17) is 6.64 Å². The zero-order valence-corrected chi connectivity index (χ0v) is 12.5. The van der Waals surface area contributed by atoms with Crippen molar-refractivity contribution in [3.63, 3.8) is 0 Å². The van der Waals surface area contributed by atoms with Crippen LogP contribution < -0.4 is 0 Å². The van der Waals surface area contributed by atoms with E-state index in [2.05, 4.69) is 13.8 Å². The zero-order chi connectivity index (χ0) is 11.6. The van der Waals surface area contributed by atoms with Crippen molar-refractivity contribution >= 4 is 0 Å². The molecule has 0 aromatic rings. The summed E-state index contributed by atoms with van der Waals surface area (Å²) in [6.45, 7) is 4.48. The first-order valence-corrected chi connectivity index (χ1v) is 9.83. The van der Waals surface area contributed by atoms with Crippen molar-refractivity contribution in [2.75, 3.05) is 14.2 Å². The van der Waals surface area contributed by atoms with Crippen LogP contribution in [0, 0.1) is 0 Å². The summed E-state index contributed by atoms with van der Waals surface area (Å²) in [4.78, 5) is 0. The van der Waals surface area contributed by atoms with Gasteiger partial charge >= 0.3 is 100 Å². The normalized spacial score (nSPS) is 12.0. The van der Waals surface area contributed by atoms with Crippen molar-refractivity contribution in [3.05, 3.63) is 0 Å². The zero-order valence-electron chi connectivity index (χ0n) is 11.0. The second-order valence-corrected chi connectivity index (χ2v) is 9.91. The molecule has 0 unspecified atom stereocenters. The summed E-state index contributed by atoms with van der Waals surface area (Å²) in [6.07, 6.45) is 7.75. The van der Waals surface area contributed by atoms with E-state index in [9.17, 15) is 0 Å². The molecule has 0 amide bonds. The molecule has 0 saturated heterocycles. The van der Waals surface area contributed by atoms with Gasteiger partial charge in [-0.15, -0.1) is 0 Å². The Morgan fingerprint density at radius 1 is 0.733 bits per heavy atom. The van der Waals surface area contributed by atoms with Crippen molar-refractivity contribution in [2.24, 2.45) is 0 Å². The third kappa shape index (κ3) is 6.73. The minimum absolute atomic E-state index is 1.21. The Morgan fingerprint density at radius 3 is 1.40 bits per heavy atom. The first-order chi connectivity index (χ1) is 7.24.